The molecule has 2 amide bonds. The molecule has 22 heavy (non-hydrogen) atoms. The predicted molar refractivity (Wildman–Crippen MR) is 84.6 cm³/mol. The van der Waals surface area contributed by atoms with E-state index in [0.717, 1.165) is 31.5 Å². The van der Waals surface area contributed by atoms with Gasteiger partial charge in [-0.15, -0.1) is 0 Å². The quantitative estimate of drug-likeness (QED) is 0.580. The highest BCUT2D eigenvalue weighted by molar-refractivity contribution is 5.85. The first-order valence-corrected chi connectivity index (χ1v) is 7.74. The minimum atomic E-state index is -0.679. The Balaban J connectivity index is 1.68. The van der Waals surface area contributed by atoms with Crippen LogP contribution in [0.2, 0.25) is 0 Å². The summed E-state index contributed by atoms with van der Waals surface area (Å²) in [5, 5.41) is 3.26. The van der Waals surface area contributed by atoms with Crippen molar-refractivity contribution >= 4 is 11.8 Å². The molecular formula is C16H24N4O2. The number of hydrogen-bond donors (Lipinski definition) is 4. The van der Waals surface area contributed by atoms with E-state index in [-0.39, 0.29) is 11.8 Å². The SMILES string of the molecule is N[C@@H](Cc1ccccc1)C(=O)NNC(=O)CC1CCNCC1. The number of rotatable bonds is 5. The fourth-order valence-corrected chi connectivity index (χ4v) is 2.58. The van der Waals surface area contributed by atoms with Crippen LogP contribution in [0.5, 0.6) is 0 Å². The van der Waals surface area contributed by atoms with Crippen molar-refractivity contribution in [1.82, 2.24) is 16.2 Å². The molecule has 0 aliphatic carbocycles. The highest BCUT2D eigenvalue weighted by atomic mass is 16.2. The topological polar surface area (TPSA) is 96.2 Å². The van der Waals surface area contributed by atoms with Crippen molar-refractivity contribution < 1.29 is 9.59 Å². The Kier molecular flexibility index (Phi) is 6.36. The van der Waals surface area contributed by atoms with Crippen LogP contribution in [0.3, 0.4) is 0 Å². The largest absolute Gasteiger partial charge is 0.320 e. The van der Waals surface area contributed by atoms with Crippen LogP contribution in [0.15, 0.2) is 30.3 Å². The van der Waals surface area contributed by atoms with Gasteiger partial charge in [-0.05, 0) is 43.8 Å². The summed E-state index contributed by atoms with van der Waals surface area (Å²) in [6, 6.07) is 8.88. The van der Waals surface area contributed by atoms with Crippen LogP contribution in [-0.2, 0) is 16.0 Å². The van der Waals surface area contributed by atoms with Gasteiger partial charge < -0.3 is 11.1 Å². The normalized spacial score (nSPS) is 16.8. The second-order valence-electron chi connectivity index (χ2n) is 5.73. The van der Waals surface area contributed by atoms with E-state index in [1.165, 1.54) is 0 Å². The van der Waals surface area contributed by atoms with E-state index in [2.05, 4.69) is 16.2 Å². The lowest BCUT2D eigenvalue weighted by molar-refractivity contribution is -0.130. The molecule has 2 rings (SSSR count). The third kappa shape index (κ3) is 5.46. The van der Waals surface area contributed by atoms with Gasteiger partial charge >= 0.3 is 0 Å². The Hall–Kier alpha value is -1.92. The molecule has 0 saturated carbocycles. The summed E-state index contributed by atoms with van der Waals surface area (Å²) in [5.41, 5.74) is 11.7. The minimum absolute atomic E-state index is 0.160. The first-order valence-electron chi connectivity index (χ1n) is 7.74. The van der Waals surface area contributed by atoms with Crippen LogP contribution in [0.4, 0.5) is 0 Å². The fourth-order valence-electron chi connectivity index (χ4n) is 2.58. The van der Waals surface area contributed by atoms with Crippen LogP contribution in [0, 0.1) is 5.92 Å². The molecule has 0 aromatic heterocycles. The molecule has 6 heteroatoms. The van der Waals surface area contributed by atoms with E-state index >= 15 is 0 Å². The van der Waals surface area contributed by atoms with Gasteiger partial charge in [-0.25, -0.2) is 0 Å². The molecule has 0 radical (unpaired) electrons. The lowest BCUT2D eigenvalue weighted by Gasteiger charge is -2.22. The molecule has 0 unspecified atom stereocenters. The van der Waals surface area contributed by atoms with E-state index in [9.17, 15) is 9.59 Å². The molecule has 120 valence electrons. The van der Waals surface area contributed by atoms with E-state index in [1.54, 1.807) is 0 Å². The van der Waals surface area contributed by atoms with Crippen molar-refractivity contribution in [2.45, 2.75) is 31.7 Å². The maximum atomic E-state index is 11.9. The zero-order valence-electron chi connectivity index (χ0n) is 12.7. The molecule has 1 fully saturated rings. The monoisotopic (exact) mass is 304 g/mol. The van der Waals surface area contributed by atoms with Gasteiger partial charge in [-0.2, -0.15) is 0 Å². The van der Waals surface area contributed by atoms with Crippen LogP contribution >= 0.6 is 0 Å². The number of nitrogens with one attached hydrogen (secondary N) is 3. The Bertz CT molecular complexity index is 486. The number of hydrogen-bond acceptors (Lipinski definition) is 4. The average molecular weight is 304 g/mol. The van der Waals surface area contributed by atoms with Gasteiger partial charge in [-0.3, -0.25) is 20.4 Å². The van der Waals surface area contributed by atoms with Gasteiger partial charge in [0.1, 0.15) is 0 Å². The number of benzene rings is 1. The molecule has 1 aromatic carbocycles. The van der Waals surface area contributed by atoms with Crippen molar-refractivity contribution in [1.29, 1.82) is 0 Å². The summed E-state index contributed by atoms with van der Waals surface area (Å²) in [7, 11) is 0. The van der Waals surface area contributed by atoms with Gasteiger partial charge in [0.15, 0.2) is 0 Å². The van der Waals surface area contributed by atoms with Crippen LogP contribution in [-0.4, -0.2) is 30.9 Å². The number of carbonyl (C=O) groups excluding carboxylic acids is 2. The summed E-state index contributed by atoms with van der Waals surface area (Å²) in [4.78, 5) is 23.7. The van der Waals surface area contributed by atoms with Gasteiger partial charge in [0.05, 0.1) is 6.04 Å². The van der Waals surface area contributed by atoms with E-state index in [1.807, 2.05) is 30.3 Å². The standard InChI is InChI=1S/C16H24N4O2/c17-14(10-12-4-2-1-3-5-12)16(22)20-19-15(21)11-13-6-8-18-9-7-13/h1-5,13-14,18H,6-11,17H2,(H,19,21)(H,20,22)/t14-/m0/s1. The molecule has 0 spiro atoms. The summed E-state index contributed by atoms with van der Waals surface area (Å²) < 4.78 is 0. The second-order valence-corrected chi connectivity index (χ2v) is 5.73. The Morgan fingerprint density at radius 1 is 1.18 bits per heavy atom. The molecule has 0 bridgehead atoms. The van der Waals surface area contributed by atoms with Gasteiger partial charge in [0.2, 0.25) is 5.91 Å². The molecular weight excluding hydrogens is 280 g/mol. The predicted octanol–water partition coefficient (Wildman–Crippen LogP) is 0.0935. The summed E-state index contributed by atoms with van der Waals surface area (Å²) in [6.07, 6.45) is 2.87. The molecule has 1 aliphatic rings. The lowest BCUT2D eigenvalue weighted by atomic mass is 9.94. The summed E-state index contributed by atoms with van der Waals surface area (Å²) >= 11 is 0. The zero-order chi connectivity index (χ0) is 15.8. The van der Waals surface area contributed by atoms with Crippen molar-refractivity contribution in [3.63, 3.8) is 0 Å². The number of carbonyl (C=O) groups is 2. The highest BCUT2D eigenvalue weighted by Crippen LogP contribution is 2.15. The van der Waals surface area contributed by atoms with Crippen LogP contribution < -0.4 is 21.9 Å². The Morgan fingerprint density at radius 2 is 1.86 bits per heavy atom. The summed E-state index contributed by atoms with van der Waals surface area (Å²) in [6.45, 7) is 1.90. The van der Waals surface area contributed by atoms with Gasteiger partial charge in [-0.1, -0.05) is 30.3 Å². The van der Waals surface area contributed by atoms with Crippen molar-refractivity contribution in [3.8, 4) is 0 Å². The zero-order valence-corrected chi connectivity index (χ0v) is 12.7. The number of nitrogens with two attached hydrogens (primary N) is 1. The average Bonchev–Trinajstić information content (AvgIpc) is 2.54. The Morgan fingerprint density at radius 3 is 2.55 bits per heavy atom. The molecule has 1 aliphatic heterocycles. The molecule has 1 aromatic rings. The van der Waals surface area contributed by atoms with Crippen LogP contribution in [0.1, 0.15) is 24.8 Å². The maximum Gasteiger partial charge on any atom is 0.255 e. The lowest BCUT2D eigenvalue weighted by Crippen LogP contribution is -2.50. The van der Waals surface area contributed by atoms with Gasteiger partial charge in [0.25, 0.3) is 5.91 Å². The third-order valence-electron chi connectivity index (χ3n) is 3.89. The molecule has 1 atom stereocenters. The minimum Gasteiger partial charge on any atom is -0.320 e. The van der Waals surface area contributed by atoms with Crippen molar-refractivity contribution in [2.24, 2.45) is 11.7 Å². The van der Waals surface area contributed by atoms with Gasteiger partial charge in [0, 0.05) is 6.42 Å². The number of hydrazine groups is 1. The first kappa shape index (κ1) is 16.5. The maximum absolute atomic E-state index is 11.9. The van der Waals surface area contributed by atoms with Crippen LogP contribution in [0.25, 0.3) is 0 Å². The molecule has 1 heterocycles. The third-order valence-corrected chi connectivity index (χ3v) is 3.89. The number of amides is 2. The van der Waals surface area contributed by atoms with Crippen molar-refractivity contribution in [3.05, 3.63) is 35.9 Å². The highest BCUT2D eigenvalue weighted by Gasteiger charge is 2.18. The molecule has 5 N–H and O–H groups in total. The molecule has 1 saturated heterocycles. The first-order chi connectivity index (χ1) is 10.6. The second kappa shape index (κ2) is 8.51. The smallest absolute Gasteiger partial charge is 0.255 e. The summed E-state index contributed by atoms with van der Waals surface area (Å²) in [5.74, 6) is -0.147. The van der Waals surface area contributed by atoms with E-state index in [0.29, 0.717) is 18.8 Å². The fraction of sp³-hybridized carbons (Fsp3) is 0.500. The van der Waals surface area contributed by atoms with E-state index in [4.69, 9.17) is 5.73 Å². The van der Waals surface area contributed by atoms with Crippen molar-refractivity contribution in [2.75, 3.05) is 13.1 Å². The van der Waals surface area contributed by atoms with E-state index < -0.39 is 6.04 Å². The number of piperidine rings is 1. The Labute approximate surface area is 130 Å². The molecule has 6 nitrogen and oxygen atoms in total.